The van der Waals surface area contributed by atoms with E-state index in [2.05, 4.69) is 10.0 Å². The Hall–Kier alpha value is -2.38. The average molecular weight is 431 g/mol. The maximum absolute atomic E-state index is 12.7. The van der Waals surface area contributed by atoms with E-state index in [0.717, 1.165) is 42.5 Å². The van der Waals surface area contributed by atoms with E-state index in [-0.39, 0.29) is 23.5 Å². The normalized spacial score (nSPS) is 15.0. The van der Waals surface area contributed by atoms with Crippen LogP contribution in [0.5, 0.6) is 5.75 Å². The lowest BCUT2D eigenvalue weighted by atomic mass is 9.96. The molecule has 0 saturated heterocycles. The highest BCUT2D eigenvalue weighted by molar-refractivity contribution is 7.89. The summed E-state index contributed by atoms with van der Waals surface area (Å²) in [5.74, 6) is 0.228. The fourth-order valence-electron chi connectivity index (χ4n) is 3.79. The highest BCUT2D eigenvalue weighted by Crippen LogP contribution is 2.24. The summed E-state index contributed by atoms with van der Waals surface area (Å²) in [6.45, 7) is 5.50. The van der Waals surface area contributed by atoms with Crippen molar-refractivity contribution in [1.82, 2.24) is 4.72 Å². The Morgan fingerprint density at radius 1 is 1.00 bits per heavy atom. The number of carbonyl (C=O) groups excluding carboxylic acids is 1. The van der Waals surface area contributed by atoms with Crippen LogP contribution in [-0.2, 0) is 14.8 Å². The summed E-state index contributed by atoms with van der Waals surface area (Å²) in [5.41, 5.74) is 3.43. The molecule has 0 radical (unpaired) electrons. The predicted octanol–water partition coefficient (Wildman–Crippen LogP) is 4.24. The molecule has 1 fully saturated rings. The maximum Gasteiger partial charge on any atom is 0.262 e. The van der Waals surface area contributed by atoms with Gasteiger partial charge in [-0.2, -0.15) is 0 Å². The van der Waals surface area contributed by atoms with Gasteiger partial charge in [-0.15, -0.1) is 0 Å². The Morgan fingerprint density at radius 3 is 2.30 bits per heavy atom. The molecule has 1 aliphatic carbocycles. The van der Waals surface area contributed by atoms with Gasteiger partial charge in [-0.1, -0.05) is 37.5 Å². The second-order valence-corrected chi connectivity index (χ2v) is 9.70. The van der Waals surface area contributed by atoms with Crippen molar-refractivity contribution in [2.45, 2.75) is 63.8 Å². The van der Waals surface area contributed by atoms with Crippen LogP contribution in [0.3, 0.4) is 0 Å². The molecule has 0 atom stereocenters. The van der Waals surface area contributed by atoms with E-state index >= 15 is 0 Å². The van der Waals surface area contributed by atoms with Gasteiger partial charge in [-0.25, -0.2) is 13.1 Å². The third-order valence-electron chi connectivity index (χ3n) is 5.49. The van der Waals surface area contributed by atoms with Crippen LogP contribution in [0.2, 0.25) is 0 Å². The first kappa shape index (κ1) is 22.3. The number of rotatable bonds is 7. The molecule has 1 aliphatic rings. The van der Waals surface area contributed by atoms with Crippen LogP contribution in [0, 0.1) is 20.8 Å². The standard InChI is InChI=1S/C23H30N2O4S/c1-16-8-7-9-17(2)23(16)24-22(26)15-29-21-13-12-20(14-18(21)3)30(27,28)25-19-10-5-4-6-11-19/h7-9,12-14,19,25H,4-6,10-11,15H2,1-3H3,(H,24,26). The van der Waals surface area contributed by atoms with Crippen molar-refractivity contribution >= 4 is 21.6 Å². The van der Waals surface area contributed by atoms with Crippen molar-refractivity contribution in [2.75, 3.05) is 11.9 Å². The zero-order chi connectivity index (χ0) is 21.7. The highest BCUT2D eigenvalue weighted by Gasteiger charge is 2.22. The molecule has 0 aromatic heterocycles. The molecule has 2 N–H and O–H groups in total. The lowest BCUT2D eigenvalue weighted by Crippen LogP contribution is -2.36. The van der Waals surface area contributed by atoms with Gasteiger partial charge in [0.1, 0.15) is 5.75 Å². The van der Waals surface area contributed by atoms with Gasteiger partial charge in [-0.05, 0) is 68.5 Å². The van der Waals surface area contributed by atoms with Crippen molar-refractivity contribution in [2.24, 2.45) is 0 Å². The number of aryl methyl sites for hydroxylation is 3. The number of carbonyl (C=O) groups is 1. The minimum absolute atomic E-state index is 0.00794. The largest absolute Gasteiger partial charge is 0.483 e. The third kappa shape index (κ3) is 5.61. The highest BCUT2D eigenvalue weighted by atomic mass is 32.2. The second kappa shape index (κ2) is 9.62. The Labute approximate surface area is 179 Å². The molecule has 162 valence electrons. The first-order valence-electron chi connectivity index (χ1n) is 10.4. The molecule has 0 bridgehead atoms. The summed E-state index contributed by atoms with van der Waals surface area (Å²) in [7, 11) is -3.57. The van der Waals surface area contributed by atoms with Gasteiger partial charge >= 0.3 is 0 Å². The Bertz CT molecular complexity index is 992. The number of ether oxygens (including phenoxy) is 1. The molecule has 6 nitrogen and oxygen atoms in total. The van der Waals surface area contributed by atoms with Gasteiger partial charge in [0.25, 0.3) is 5.91 Å². The van der Waals surface area contributed by atoms with Gasteiger partial charge in [0.2, 0.25) is 10.0 Å². The number of anilines is 1. The molecule has 2 aromatic carbocycles. The van der Waals surface area contributed by atoms with E-state index in [9.17, 15) is 13.2 Å². The van der Waals surface area contributed by atoms with E-state index in [4.69, 9.17) is 4.74 Å². The fourth-order valence-corrected chi connectivity index (χ4v) is 5.18. The summed E-state index contributed by atoms with van der Waals surface area (Å²) < 4.78 is 33.8. The number of sulfonamides is 1. The molecule has 0 aliphatic heterocycles. The molecular formula is C23H30N2O4S. The second-order valence-electron chi connectivity index (χ2n) is 7.99. The lowest BCUT2D eigenvalue weighted by molar-refractivity contribution is -0.118. The Morgan fingerprint density at radius 2 is 1.67 bits per heavy atom. The van der Waals surface area contributed by atoms with E-state index < -0.39 is 10.0 Å². The first-order valence-corrected chi connectivity index (χ1v) is 11.9. The van der Waals surface area contributed by atoms with Crippen LogP contribution in [0.1, 0.15) is 48.8 Å². The average Bonchev–Trinajstić information content (AvgIpc) is 2.70. The molecule has 2 aromatic rings. The van der Waals surface area contributed by atoms with E-state index in [0.29, 0.717) is 11.3 Å². The molecule has 0 heterocycles. The van der Waals surface area contributed by atoms with Gasteiger partial charge < -0.3 is 10.1 Å². The van der Waals surface area contributed by atoms with Crippen LogP contribution in [0.4, 0.5) is 5.69 Å². The molecule has 0 spiro atoms. The monoisotopic (exact) mass is 430 g/mol. The van der Waals surface area contributed by atoms with Crippen LogP contribution in [-0.4, -0.2) is 27.0 Å². The van der Waals surface area contributed by atoms with Crippen molar-refractivity contribution in [1.29, 1.82) is 0 Å². The molecular weight excluding hydrogens is 400 g/mol. The van der Waals surface area contributed by atoms with Crippen LogP contribution in [0.15, 0.2) is 41.3 Å². The minimum Gasteiger partial charge on any atom is -0.483 e. The quantitative estimate of drug-likeness (QED) is 0.688. The Kier molecular flexibility index (Phi) is 7.15. The molecule has 1 saturated carbocycles. The van der Waals surface area contributed by atoms with Gasteiger partial charge in [0.05, 0.1) is 4.90 Å². The topological polar surface area (TPSA) is 84.5 Å². The first-order chi connectivity index (χ1) is 14.3. The van der Waals surface area contributed by atoms with Gasteiger partial charge in [-0.3, -0.25) is 4.79 Å². The van der Waals surface area contributed by atoms with Crippen LogP contribution < -0.4 is 14.8 Å². The summed E-state index contributed by atoms with van der Waals surface area (Å²) in [4.78, 5) is 12.5. The van der Waals surface area contributed by atoms with Crippen LogP contribution >= 0.6 is 0 Å². The molecule has 0 unspecified atom stereocenters. The number of para-hydroxylation sites is 1. The van der Waals surface area contributed by atoms with E-state index in [1.807, 2.05) is 32.0 Å². The van der Waals surface area contributed by atoms with Gasteiger partial charge in [0.15, 0.2) is 6.61 Å². The van der Waals surface area contributed by atoms with Crippen molar-refractivity contribution in [3.05, 3.63) is 53.1 Å². The molecule has 1 amide bonds. The van der Waals surface area contributed by atoms with Crippen molar-refractivity contribution < 1.29 is 17.9 Å². The summed E-state index contributed by atoms with van der Waals surface area (Å²) in [5, 5.41) is 2.88. The number of hydrogen-bond acceptors (Lipinski definition) is 4. The molecule has 30 heavy (non-hydrogen) atoms. The minimum atomic E-state index is -3.57. The van der Waals surface area contributed by atoms with E-state index in [1.54, 1.807) is 19.1 Å². The zero-order valence-corrected chi connectivity index (χ0v) is 18.6. The summed E-state index contributed by atoms with van der Waals surface area (Å²) in [6.07, 6.45) is 5.05. The smallest absolute Gasteiger partial charge is 0.262 e. The number of hydrogen-bond donors (Lipinski definition) is 2. The van der Waals surface area contributed by atoms with Crippen molar-refractivity contribution in [3.8, 4) is 5.75 Å². The SMILES string of the molecule is Cc1cc(S(=O)(=O)NC2CCCCC2)ccc1OCC(=O)Nc1c(C)cccc1C. The summed E-state index contributed by atoms with van der Waals surface area (Å²) >= 11 is 0. The molecule has 3 rings (SSSR count). The van der Waals surface area contributed by atoms with Crippen LogP contribution in [0.25, 0.3) is 0 Å². The van der Waals surface area contributed by atoms with E-state index in [1.165, 1.54) is 12.5 Å². The van der Waals surface area contributed by atoms with Crippen molar-refractivity contribution in [3.63, 3.8) is 0 Å². The van der Waals surface area contributed by atoms with Gasteiger partial charge in [0, 0.05) is 11.7 Å². The fraction of sp³-hybridized carbons (Fsp3) is 0.435. The number of nitrogens with one attached hydrogen (secondary N) is 2. The third-order valence-corrected chi connectivity index (χ3v) is 7.01. The number of amides is 1. The molecule has 7 heteroatoms. The maximum atomic E-state index is 12.7. The lowest BCUT2D eigenvalue weighted by Gasteiger charge is -2.22. The summed E-state index contributed by atoms with van der Waals surface area (Å²) in [6, 6.07) is 10.5. The number of benzene rings is 2. The zero-order valence-electron chi connectivity index (χ0n) is 17.8. The Balaban J connectivity index is 1.61. The predicted molar refractivity (Wildman–Crippen MR) is 118 cm³/mol.